The summed E-state index contributed by atoms with van der Waals surface area (Å²) in [6, 6.07) is 2.68. The summed E-state index contributed by atoms with van der Waals surface area (Å²) >= 11 is 0. The van der Waals surface area contributed by atoms with Crippen molar-refractivity contribution in [1.29, 1.82) is 0 Å². The number of aromatic nitrogens is 1. The maximum atomic E-state index is 11.8. The molecular weight excluding hydrogens is 270 g/mol. The number of nitrogens with one attached hydrogen (secondary N) is 2. The highest BCUT2D eigenvalue weighted by Crippen LogP contribution is 2.19. The maximum Gasteiger partial charge on any atom is 0.356 e. The lowest BCUT2D eigenvalue weighted by atomic mass is 9.97. The molecule has 112 valence electrons. The number of hydrogen-bond acceptors (Lipinski definition) is 3. The van der Waals surface area contributed by atoms with E-state index in [1.54, 1.807) is 6.07 Å². The van der Waals surface area contributed by atoms with Crippen molar-refractivity contribution < 1.29 is 14.7 Å². The van der Waals surface area contributed by atoms with Crippen molar-refractivity contribution in [2.24, 2.45) is 0 Å². The summed E-state index contributed by atoms with van der Waals surface area (Å²) in [7, 11) is 0. The van der Waals surface area contributed by atoms with Gasteiger partial charge in [0.15, 0.2) is 5.69 Å². The molecule has 0 saturated carbocycles. The number of carboxylic acid groups (broad SMARTS) is 1. The first kappa shape index (κ1) is 15.0. The average Bonchev–Trinajstić information content (AvgIpc) is 2.48. The molecule has 1 aliphatic rings. The van der Waals surface area contributed by atoms with Crippen LogP contribution in [-0.4, -0.2) is 28.6 Å². The van der Waals surface area contributed by atoms with Gasteiger partial charge in [-0.3, -0.25) is 0 Å². The van der Waals surface area contributed by atoms with Crippen molar-refractivity contribution in [3.8, 4) is 0 Å². The lowest BCUT2D eigenvalue weighted by Crippen LogP contribution is -2.30. The zero-order valence-electron chi connectivity index (χ0n) is 11.8. The molecule has 0 saturated heterocycles. The van der Waals surface area contributed by atoms with Gasteiger partial charge < -0.3 is 15.7 Å². The van der Waals surface area contributed by atoms with Crippen LogP contribution in [0.25, 0.3) is 0 Å². The molecule has 21 heavy (non-hydrogen) atoms. The second-order valence-corrected chi connectivity index (χ2v) is 4.94. The summed E-state index contributed by atoms with van der Waals surface area (Å²) in [4.78, 5) is 26.5. The zero-order chi connectivity index (χ0) is 15.1. The molecule has 3 N–H and O–H groups in total. The number of amides is 2. The van der Waals surface area contributed by atoms with Crippen LogP contribution in [0, 0.1) is 0 Å². The van der Waals surface area contributed by atoms with E-state index in [0.717, 1.165) is 19.3 Å². The van der Waals surface area contributed by atoms with Crippen LogP contribution in [0.3, 0.4) is 0 Å². The lowest BCUT2D eigenvalue weighted by molar-refractivity contribution is 0.0692. The molecule has 2 amide bonds. The van der Waals surface area contributed by atoms with Gasteiger partial charge in [0.05, 0.1) is 5.69 Å². The van der Waals surface area contributed by atoms with E-state index >= 15 is 0 Å². The SMILES string of the molecule is O=C(NCCC1=CCCCC1)Nc1cccnc1C(=O)O. The van der Waals surface area contributed by atoms with Crippen LogP contribution in [0.1, 0.15) is 42.6 Å². The van der Waals surface area contributed by atoms with Crippen LogP contribution < -0.4 is 10.6 Å². The number of carbonyl (C=O) groups excluding carboxylic acids is 1. The molecule has 1 aromatic heterocycles. The third kappa shape index (κ3) is 4.59. The number of carbonyl (C=O) groups is 2. The largest absolute Gasteiger partial charge is 0.476 e. The molecule has 0 bridgehead atoms. The van der Waals surface area contributed by atoms with Gasteiger partial charge in [-0.1, -0.05) is 11.6 Å². The molecule has 0 radical (unpaired) electrons. The fourth-order valence-electron chi connectivity index (χ4n) is 2.31. The number of carboxylic acids is 1. The van der Waals surface area contributed by atoms with Gasteiger partial charge in [-0.2, -0.15) is 0 Å². The van der Waals surface area contributed by atoms with Crippen LogP contribution in [0.2, 0.25) is 0 Å². The van der Waals surface area contributed by atoms with Crippen LogP contribution in [0.5, 0.6) is 0 Å². The standard InChI is InChI=1S/C15H19N3O3/c19-14(20)13-12(7-4-9-16-13)18-15(21)17-10-8-11-5-2-1-3-6-11/h4-5,7,9H,1-3,6,8,10H2,(H,19,20)(H2,17,18,21). The summed E-state index contributed by atoms with van der Waals surface area (Å²) in [6.45, 7) is 0.542. The Morgan fingerprint density at radius 3 is 2.90 bits per heavy atom. The monoisotopic (exact) mass is 289 g/mol. The first-order valence-corrected chi connectivity index (χ1v) is 7.08. The molecule has 6 heteroatoms. The fourth-order valence-corrected chi connectivity index (χ4v) is 2.31. The Morgan fingerprint density at radius 2 is 2.19 bits per heavy atom. The van der Waals surface area contributed by atoms with Gasteiger partial charge in [0, 0.05) is 12.7 Å². The van der Waals surface area contributed by atoms with Crippen molar-refractivity contribution in [2.45, 2.75) is 32.1 Å². The van der Waals surface area contributed by atoms with Gasteiger partial charge in [-0.15, -0.1) is 0 Å². The van der Waals surface area contributed by atoms with Crippen molar-refractivity contribution in [3.63, 3.8) is 0 Å². The highest BCUT2D eigenvalue weighted by molar-refractivity contribution is 5.98. The number of anilines is 1. The van der Waals surface area contributed by atoms with Crippen molar-refractivity contribution in [2.75, 3.05) is 11.9 Å². The van der Waals surface area contributed by atoms with Crippen molar-refractivity contribution in [1.82, 2.24) is 10.3 Å². The zero-order valence-corrected chi connectivity index (χ0v) is 11.8. The molecule has 6 nitrogen and oxygen atoms in total. The van der Waals surface area contributed by atoms with E-state index in [4.69, 9.17) is 5.11 Å². The van der Waals surface area contributed by atoms with E-state index in [1.807, 2.05) is 0 Å². The molecule has 0 aliphatic heterocycles. The third-order valence-corrected chi connectivity index (χ3v) is 3.38. The Hall–Kier alpha value is -2.37. The number of allylic oxidation sites excluding steroid dienone is 1. The van der Waals surface area contributed by atoms with Gasteiger partial charge in [0.2, 0.25) is 0 Å². The summed E-state index contributed by atoms with van der Waals surface area (Å²) in [5.41, 5.74) is 1.41. The molecule has 1 aromatic rings. The summed E-state index contributed by atoms with van der Waals surface area (Å²) in [5.74, 6) is -1.17. The van der Waals surface area contributed by atoms with Crippen molar-refractivity contribution in [3.05, 3.63) is 35.7 Å². The van der Waals surface area contributed by atoms with E-state index in [-0.39, 0.29) is 11.4 Å². The number of nitrogens with zero attached hydrogens (tertiary/aromatic N) is 1. The summed E-state index contributed by atoms with van der Waals surface area (Å²) in [6.07, 6.45) is 9.15. The van der Waals surface area contributed by atoms with Gasteiger partial charge in [0.25, 0.3) is 0 Å². The number of hydrogen-bond donors (Lipinski definition) is 3. The van der Waals surface area contributed by atoms with Crippen LogP contribution in [0.15, 0.2) is 30.0 Å². The predicted molar refractivity (Wildman–Crippen MR) is 79.4 cm³/mol. The summed E-state index contributed by atoms with van der Waals surface area (Å²) in [5, 5.41) is 14.2. The number of pyridine rings is 1. The number of rotatable bonds is 5. The number of aromatic carboxylic acids is 1. The van der Waals surface area contributed by atoms with E-state index in [1.165, 1.54) is 30.7 Å². The van der Waals surface area contributed by atoms with E-state index < -0.39 is 12.0 Å². The Morgan fingerprint density at radius 1 is 1.33 bits per heavy atom. The molecular formula is C15H19N3O3. The van der Waals surface area contributed by atoms with Gasteiger partial charge in [-0.25, -0.2) is 14.6 Å². The van der Waals surface area contributed by atoms with E-state index in [9.17, 15) is 9.59 Å². The molecule has 1 heterocycles. The molecule has 1 aliphatic carbocycles. The first-order chi connectivity index (χ1) is 10.2. The Bertz CT molecular complexity index is 555. The minimum atomic E-state index is -1.17. The van der Waals surface area contributed by atoms with Gasteiger partial charge in [0.1, 0.15) is 0 Å². The second kappa shape index (κ2) is 7.42. The predicted octanol–water partition coefficient (Wildman–Crippen LogP) is 2.79. The van der Waals surface area contributed by atoms with E-state index in [2.05, 4.69) is 21.7 Å². The minimum absolute atomic E-state index is 0.164. The van der Waals surface area contributed by atoms with Gasteiger partial charge >= 0.3 is 12.0 Å². The molecule has 0 unspecified atom stereocenters. The van der Waals surface area contributed by atoms with Crippen LogP contribution >= 0.6 is 0 Å². The van der Waals surface area contributed by atoms with E-state index in [0.29, 0.717) is 6.54 Å². The smallest absolute Gasteiger partial charge is 0.356 e. The third-order valence-electron chi connectivity index (χ3n) is 3.38. The molecule has 0 atom stereocenters. The Labute approximate surface area is 123 Å². The minimum Gasteiger partial charge on any atom is -0.476 e. The van der Waals surface area contributed by atoms with Crippen molar-refractivity contribution >= 4 is 17.7 Å². The number of urea groups is 1. The first-order valence-electron chi connectivity index (χ1n) is 7.08. The topological polar surface area (TPSA) is 91.3 Å². The lowest BCUT2D eigenvalue weighted by Gasteiger charge is -2.13. The normalized spacial score (nSPS) is 14.2. The highest BCUT2D eigenvalue weighted by Gasteiger charge is 2.13. The molecule has 0 fully saturated rings. The Balaban J connectivity index is 1.82. The fraction of sp³-hybridized carbons (Fsp3) is 0.400. The molecule has 0 spiro atoms. The van der Waals surface area contributed by atoms with Crippen LogP contribution in [0.4, 0.5) is 10.5 Å². The molecule has 0 aromatic carbocycles. The Kier molecular flexibility index (Phi) is 5.31. The van der Waals surface area contributed by atoms with Crippen LogP contribution in [-0.2, 0) is 0 Å². The average molecular weight is 289 g/mol. The molecule has 2 rings (SSSR count). The second-order valence-electron chi connectivity index (χ2n) is 4.94. The highest BCUT2D eigenvalue weighted by atomic mass is 16.4. The van der Waals surface area contributed by atoms with Gasteiger partial charge in [-0.05, 0) is 44.2 Å². The summed E-state index contributed by atoms with van der Waals surface area (Å²) < 4.78 is 0. The quantitative estimate of drug-likeness (QED) is 0.727. The maximum absolute atomic E-state index is 11.8.